The second-order valence-electron chi connectivity index (χ2n) is 4.22. The van der Waals surface area contributed by atoms with Gasteiger partial charge < -0.3 is 4.74 Å². The third-order valence-corrected chi connectivity index (χ3v) is 4.10. The molecule has 0 radical (unpaired) electrons. The van der Waals surface area contributed by atoms with Crippen LogP contribution in [0.15, 0.2) is 47.4 Å². The molecule has 2 aromatic rings. The number of rotatable bonds is 5. The van der Waals surface area contributed by atoms with Gasteiger partial charge in [-0.15, -0.1) is 0 Å². The highest BCUT2D eigenvalue weighted by molar-refractivity contribution is 7.85. The lowest BCUT2D eigenvalue weighted by Crippen LogP contribution is -2.11. The van der Waals surface area contributed by atoms with E-state index in [0.29, 0.717) is 0 Å². The number of benzene rings is 2. The summed E-state index contributed by atoms with van der Waals surface area (Å²) in [5.41, 5.74) is 0.0954. The average molecular weight is 310 g/mol. The van der Waals surface area contributed by atoms with Crippen molar-refractivity contribution in [1.29, 1.82) is 0 Å². The quantitative estimate of drug-likeness (QED) is 0.798. The molecule has 2 aromatic carbocycles. The number of halogens is 2. The molecular formula is C15H12F2O3S. The Morgan fingerprint density at radius 1 is 1.19 bits per heavy atom. The number of carbonyl (C=O) groups is 1. The lowest BCUT2D eigenvalue weighted by atomic mass is 10.1. The van der Waals surface area contributed by atoms with Gasteiger partial charge in [-0.2, -0.15) is 0 Å². The SMILES string of the molecule is COc1ccc(C(=O)CS(=O)c2cccc(F)c2)cc1F. The molecule has 0 aromatic heterocycles. The van der Waals surface area contributed by atoms with Crippen molar-refractivity contribution in [1.82, 2.24) is 0 Å². The summed E-state index contributed by atoms with van der Waals surface area (Å²) in [6.07, 6.45) is 0. The van der Waals surface area contributed by atoms with E-state index in [-0.39, 0.29) is 22.0 Å². The Kier molecular flexibility index (Phi) is 4.80. The molecule has 6 heteroatoms. The van der Waals surface area contributed by atoms with Crippen molar-refractivity contribution in [3.63, 3.8) is 0 Å². The topological polar surface area (TPSA) is 43.4 Å². The largest absolute Gasteiger partial charge is 0.494 e. The predicted molar refractivity (Wildman–Crippen MR) is 75.0 cm³/mol. The van der Waals surface area contributed by atoms with Crippen LogP contribution in [0.4, 0.5) is 8.78 Å². The van der Waals surface area contributed by atoms with Gasteiger partial charge in [0, 0.05) is 10.5 Å². The van der Waals surface area contributed by atoms with Gasteiger partial charge in [-0.05, 0) is 36.4 Å². The van der Waals surface area contributed by atoms with Crippen LogP contribution in [0.2, 0.25) is 0 Å². The first kappa shape index (κ1) is 15.3. The van der Waals surface area contributed by atoms with Crippen molar-refractivity contribution < 1.29 is 22.5 Å². The molecule has 0 aliphatic rings. The first-order chi connectivity index (χ1) is 10.0. The fourth-order valence-corrected chi connectivity index (χ4v) is 2.78. The van der Waals surface area contributed by atoms with Crippen LogP contribution in [0, 0.1) is 11.6 Å². The zero-order valence-corrected chi connectivity index (χ0v) is 12.0. The summed E-state index contributed by atoms with van der Waals surface area (Å²) in [7, 11) is -0.363. The minimum atomic E-state index is -1.68. The maximum atomic E-state index is 13.5. The smallest absolute Gasteiger partial charge is 0.175 e. The summed E-state index contributed by atoms with van der Waals surface area (Å²) >= 11 is 0. The van der Waals surface area contributed by atoms with E-state index in [1.807, 2.05) is 0 Å². The molecule has 0 aliphatic carbocycles. The van der Waals surface area contributed by atoms with E-state index in [1.165, 1.54) is 37.4 Å². The highest BCUT2D eigenvalue weighted by Gasteiger charge is 2.15. The Balaban J connectivity index is 2.14. The Hall–Kier alpha value is -2.08. The minimum Gasteiger partial charge on any atom is -0.494 e. The van der Waals surface area contributed by atoms with E-state index in [0.717, 1.165) is 12.1 Å². The summed E-state index contributed by atoms with van der Waals surface area (Å²) in [6, 6.07) is 8.98. The standard InChI is InChI=1S/C15H12F2O3S/c1-20-15-6-5-10(7-13(15)17)14(18)9-21(19)12-4-2-3-11(16)8-12/h2-8H,9H2,1H3. The zero-order chi connectivity index (χ0) is 15.4. The number of Topliss-reactive ketones (excluding diaryl/α,β-unsaturated/α-hetero) is 1. The van der Waals surface area contributed by atoms with Gasteiger partial charge in [-0.1, -0.05) is 6.07 Å². The van der Waals surface area contributed by atoms with Gasteiger partial charge in [0.1, 0.15) is 5.82 Å². The molecule has 0 N–H and O–H groups in total. The number of ether oxygens (including phenoxy) is 1. The molecule has 110 valence electrons. The second-order valence-corrected chi connectivity index (χ2v) is 5.67. The summed E-state index contributed by atoms with van der Waals surface area (Å²) in [4.78, 5) is 12.2. The first-order valence-electron chi connectivity index (χ1n) is 6.02. The molecule has 0 heterocycles. The molecule has 0 aliphatic heterocycles. The molecule has 0 saturated heterocycles. The van der Waals surface area contributed by atoms with Crippen molar-refractivity contribution >= 4 is 16.6 Å². The molecule has 0 fully saturated rings. The van der Waals surface area contributed by atoms with Crippen molar-refractivity contribution in [2.45, 2.75) is 4.90 Å². The summed E-state index contributed by atoms with van der Waals surface area (Å²) in [5, 5.41) is 0. The maximum absolute atomic E-state index is 13.5. The van der Waals surface area contributed by atoms with Crippen LogP contribution in [0.1, 0.15) is 10.4 Å². The Bertz CT molecular complexity index is 701. The van der Waals surface area contributed by atoms with Crippen LogP contribution >= 0.6 is 0 Å². The summed E-state index contributed by atoms with van der Waals surface area (Å²) in [6.45, 7) is 0. The summed E-state index contributed by atoms with van der Waals surface area (Å²) in [5.74, 6) is -1.99. The molecule has 0 amide bonds. The van der Waals surface area contributed by atoms with E-state index in [4.69, 9.17) is 4.74 Å². The zero-order valence-electron chi connectivity index (χ0n) is 11.1. The first-order valence-corrected chi connectivity index (χ1v) is 7.34. The highest BCUT2D eigenvalue weighted by atomic mass is 32.2. The van der Waals surface area contributed by atoms with E-state index in [1.54, 1.807) is 0 Å². The highest BCUT2D eigenvalue weighted by Crippen LogP contribution is 2.19. The van der Waals surface area contributed by atoms with Crippen LogP contribution in [-0.2, 0) is 10.8 Å². The van der Waals surface area contributed by atoms with Crippen LogP contribution in [0.25, 0.3) is 0 Å². The monoisotopic (exact) mass is 310 g/mol. The van der Waals surface area contributed by atoms with E-state index in [2.05, 4.69) is 0 Å². The number of carbonyl (C=O) groups excluding carboxylic acids is 1. The lowest BCUT2D eigenvalue weighted by molar-refractivity contribution is 0.102. The molecule has 3 nitrogen and oxygen atoms in total. The van der Waals surface area contributed by atoms with Gasteiger partial charge in [0.15, 0.2) is 17.3 Å². The number of ketones is 1. The van der Waals surface area contributed by atoms with Crippen LogP contribution in [0.3, 0.4) is 0 Å². The molecule has 1 unspecified atom stereocenters. The number of hydrogen-bond acceptors (Lipinski definition) is 3. The van der Waals surface area contributed by atoms with Crippen molar-refractivity contribution in [3.8, 4) is 5.75 Å². The van der Waals surface area contributed by atoms with E-state index in [9.17, 15) is 17.8 Å². The Morgan fingerprint density at radius 3 is 2.57 bits per heavy atom. The van der Waals surface area contributed by atoms with Gasteiger partial charge in [0.05, 0.1) is 23.7 Å². The number of methoxy groups -OCH3 is 1. The third kappa shape index (κ3) is 3.72. The van der Waals surface area contributed by atoms with Crippen LogP contribution < -0.4 is 4.74 Å². The van der Waals surface area contributed by atoms with Gasteiger partial charge in [-0.25, -0.2) is 8.78 Å². The molecule has 2 rings (SSSR count). The van der Waals surface area contributed by atoms with E-state index >= 15 is 0 Å². The van der Waals surface area contributed by atoms with Crippen LogP contribution in [-0.4, -0.2) is 22.9 Å². The Morgan fingerprint density at radius 2 is 1.95 bits per heavy atom. The lowest BCUT2D eigenvalue weighted by Gasteiger charge is -2.05. The van der Waals surface area contributed by atoms with E-state index < -0.39 is 28.2 Å². The Labute approximate surface area is 123 Å². The number of hydrogen-bond donors (Lipinski definition) is 0. The summed E-state index contributed by atoms with van der Waals surface area (Å²) < 4.78 is 43.3. The fraction of sp³-hybridized carbons (Fsp3) is 0.133. The fourth-order valence-electron chi connectivity index (χ4n) is 1.73. The minimum absolute atomic E-state index is 0.0257. The van der Waals surface area contributed by atoms with Crippen molar-refractivity contribution in [2.75, 3.05) is 12.9 Å². The van der Waals surface area contributed by atoms with Gasteiger partial charge in [0.25, 0.3) is 0 Å². The van der Waals surface area contributed by atoms with Gasteiger partial charge >= 0.3 is 0 Å². The average Bonchev–Trinajstić information content (AvgIpc) is 2.47. The maximum Gasteiger partial charge on any atom is 0.175 e. The molecule has 21 heavy (non-hydrogen) atoms. The third-order valence-electron chi connectivity index (χ3n) is 2.79. The molecular weight excluding hydrogens is 298 g/mol. The molecule has 0 saturated carbocycles. The predicted octanol–water partition coefficient (Wildman–Crippen LogP) is 2.96. The van der Waals surface area contributed by atoms with Crippen molar-refractivity contribution in [3.05, 3.63) is 59.7 Å². The van der Waals surface area contributed by atoms with Crippen molar-refractivity contribution in [2.24, 2.45) is 0 Å². The molecule has 0 bridgehead atoms. The van der Waals surface area contributed by atoms with Gasteiger partial charge in [0.2, 0.25) is 0 Å². The van der Waals surface area contributed by atoms with Gasteiger partial charge in [-0.3, -0.25) is 9.00 Å². The second kappa shape index (κ2) is 6.58. The molecule has 0 spiro atoms. The normalized spacial score (nSPS) is 12.0. The van der Waals surface area contributed by atoms with Crippen LogP contribution in [0.5, 0.6) is 5.75 Å². The molecule has 1 atom stereocenters.